The van der Waals surface area contributed by atoms with Gasteiger partial charge in [-0.05, 0) is 55.3 Å². The second-order valence-electron chi connectivity index (χ2n) is 7.52. The number of nitrogens with one attached hydrogen (secondary N) is 3. The number of ether oxygens (including phenoxy) is 1. The van der Waals surface area contributed by atoms with E-state index in [0.717, 1.165) is 30.6 Å². The Morgan fingerprint density at radius 2 is 1.58 bits per heavy atom. The van der Waals surface area contributed by atoms with Gasteiger partial charge in [-0.15, -0.1) is 0 Å². The second kappa shape index (κ2) is 9.41. The first-order valence-electron chi connectivity index (χ1n) is 10.4. The Kier molecular flexibility index (Phi) is 6.44. The van der Waals surface area contributed by atoms with Gasteiger partial charge in [0.2, 0.25) is 0 Å². The molecule has 1 amide bonds. The number of hydrogen-bond acceptors (Lipinski definition) is 4. The minimum atomic E-state index is -1.14. The average Bonchev–Trinajstić information content (AvgIpc) is 2.81. The van der Waals surface area contributed by atoms with E-state index in [1.165, 1.54) is 17.7 Å². The number of methoxy groups -OCH3 is 1. The van der Waals surface area contributed by atoms with Crippen LogP contribution in [0.3, 0.4) is 0 Å². The molecule has 162 valence electrons. The van der Waals surface area contributed by atoms with Crippen LogP contribution in [0, 0.1) is 11.6 Å². The molecule has 0 aromatic heterocycles. The molecule has 31 heavy (non-hydrogen) atoms. The van der Waals surface area contributed by atoms with Crippen LogP contribution in [-0.2, 0) is 0 Å². The topological polar surface area (TPSA) is 62.4 Å². The van der Waals surface area contributed by atoms with Crippen LogP contribution < -0.4 is 20.7 Å². The Labute approximate surface area is 180 Å². The van der Waals surface area contributed by atoms with E-state index in [-0.39, 0.29) is 11.1 Å². The maximum absolute atomic E-state index is 14.7. The summed E-state index contributed by atoms with van der Waals surface area (Å²) in [5.41, 5.74) is 3.19. The number of halogens is 2. The molecule has 0 bridgehead atoms. The zero-order valence-corrected chi connectivity index (χ0v) is 17.4. The van der Waals surface area contributed by atoms with Gasteiger partial charge in [-0.1, -0.05) is 18.2 Å². The molecule has 0 fully saturated rings. The van der Waals surface area contributed by atoms with Crippen LogP contribution >= 0.6 is 0 Å². The molecule has 0 spiro atoms. The van der Waals surface area contributed by atoms with Gasteiger partial charge in [0.15, 0.2) is 11.6 Å². The minimum absolute atomic E-state index is 0.205. The van der Waals surface area contributed by atoms with Crippen LogP contribution in [0.25, 0.3) is 11.1 Å². The fourth-order valence-electron chi connectivity index (χ4n) is 3.94. The Hall–Kier alpha value is -3.03. The molecule has 0 saturated heterocycles. The summed E-state index contributed by atoms with van der Waals surface area (Å²) in [6.07, 6.45) is 5.44. The predicted octanol–water partition coefficient (Wildman–Crippen LogP) is 3.98. The van der Waals surface area contributed by atoms with Gasteiger partial charge in [0.05, 0.1) is 12.7 Å². The molecule has 0 atom stereocenters. The largest absolute Gasteiger partial charge is 0.496 e. The minimum Gasteiger partial charge on any atom is -0.496 e. The number of carbonyl (C=O) groups excluding carboxylic acids is 1. The first-order chi connectivity index (χ1) is 15.1. The van der Waals surface area contributed by atoms with Crippen molar-refractivity contribution in [3.8, 4) is 5.75 Å². The van der Waals surface area contributed by atoms with Crippen molar-refractivity contribution >= 4 is 22.7 Å². The van der Waals surface area contributed by atoms with Crippen LogP contribution in [-0.4, -0.2) is 39.2 Å². The number of benzene rings is 2. The lowest BCUT2D eigenvalue weighted by Crippen LogP contribution is -2.21. The van der Waals surface area contributed by atoms with Crippen molar-refractivity contribution in [3.05, 3.63) is 70.8 Å². The molecule has 4 rings (SSSR count). The summed E-state index contributed by atoms with van der Waals surface area (Å²) >= 11 is 0. The highest BCUT2D eigenvalue weighted by atomic mass is 19.2. The number of anilines is 1. The van der Waals surface area contributed by atoms with Crippen molar-refractivity contribution in [2.75, 3.05) is 38.6 Å². The van der Waals surface area contributed by atoms with E-state index >= 15 is 0 Å². The van der Waals surface area contributed by atoms with Gasteiger partial charge >= 0.3 is 0 Å². The fraction of sp³-hybridized carbons (Fsp3) is 0.292. The van der Waals surface area contributed by atoms with Gasteiger partial charge in [-0.25, -0.2) is 8.78 Å². The third-order valence-electron chi connectivity index (χ3n) is 5.61. The quantitative estimate of drug-likeness (QED) is 0.678. The van der Waals surface area contributed by atoms with E-state index in [9.17, 15) is 13.6 Å². The van der Waals surface area contributed by atoms with Crippen molar-refractivity contribution in [2.24, 2.45) is 0 Å². The Balaban J connectivity index is 1.56. The van der Waals surface area contributed by atoms with E-state index in [2.05, 4.69) is 22.0 Å². The van der Waals surface area contributed by atoms with Crippen LogP contribution in [0.15, 0.2) is 42.5 Å². The van der Waals surface area contributed by atoms with Gasteiger partial charge < -0.3 is 20.7 Å². The van der Waals surface area contributed by atoms with Crippen LogP contribution in [0.2, 0.25) is 0 Å². The van der Waals surface area contributed by atoms with Crippen LogP contribution in [0.1, 0.15) is 34.3 Å². The summed E-state index contributed by atoms with van der Waals surface area (Å²) in [6.45, 7) is 3.01. The number of amides is 1. The van der Waals surface area contributed by atoms with Crippen molar-refractivity contribution < 1.29 is 18.3 Å². The molecular formula is C24H25F2N3O2. The molecule has 2 aromatic rings. The number of hydrogen-bond donors (Lipinski definition) is 3. The van der Waals surface area contributed by atoms with Crippen molar-refractivity contribution in [1.29, 1.82) is 0 Å². The standard InChI is InChI=1S/C24H25F2N3O2/c1-31-21-14-17(2-3-18(21)15-6-10-27-11-7-15)29-24(30)20-5-4-19(22(25)23(20)26)16-8-12-28-13-9-16/h2-6,8,14,27-28H,7,9-13H2,1H3,(H,29,30). The summed E-state index contributed by atoms with van der Waals surface area (Å²) < 4.78 is 34.9. The van der Waals surface area contributed by atoms with E-state index < -0.39 is 17.5 Å². The molecule has 0 radical (unpaired) electrons. The van der Waals surface area contributed by atoms with Crippen molar-refractivity contribution in [1.82, 2.24) is 10.6 Å². The molecule has 2 aliphatic rings. The summed E-state index contributed by atoms with van der Waals surface area (Å²) in [6, 6.07) is 8.10. The van der Waals surface area contributed by atoms with Gasteiger partial charge in [0.1, 0.15) is 5.75 Å². The number of rotatable bonds is 5. The van der Waals surface area contributed by atoms with Gasteiger partial charge in [0.25, 0.3) is 5.91 Å². The van der Waals surface area contributed by atoms with E-state index in [4.69, 9.17) is 4.74 Å². The van der Waals surface area contributed by atoms with E-state index in [1.807, 2.05) is 12.1 Å². The third-order valence-corrected chi connectivity index (χ3v) is 5.61. The molecule has 7 heteroatoms. The summed E-state index contributed by atoms with van der Waals surface area (Å²) in [7, 11) is 1.56. The molecule has 0 aliphatic carbocycles. The molecule has 2 heterocycles. The van der Waals surface area contributed by atoms with Crippen LogP contribution in [0.5, 0.6) is 5.75 Å². The zero-order valence-electron chi connectivity index (χ0n) is 17.4. The molecule has 2 aliphatic heterocycles. The smallest absolute Gasteiger partial charge is 0.258 e. The lowest BCUT2D eigenvalue weighted by molar-refractivity contribution is 0.102. The lowest BCUT2D eigenvalue weighted by Gasteiger charge is -2.18. The zero-order chi connectivity index (χ0) is 21.8. The van der Waals surface area contributed by atoms with Crippen molar-refractivity contribution in [2.45, 2.75) is 12.8 Å². The second-order valence-corrected chi connectivity index (χ2v) is 7.52. The maximum atomic E-state index is 14.7. The first-order valence-corrected chi connectivity index (χ1v) is 10.4. The predicted molar refractivity (Wildman–Crippen MR) is 118 cm³/mol. The van der Waals surface area contributed by atoms with Gasteiger partial charge in [-0.3, -0.25) is 4.79 Å². The lowest BCUT2D eigenvalue weighted by atomic mass is 9.97. The normalized spacial score (nSPS) is 16.4. The highest BCUT2D eigenvalue weighted by Gasteiger charge is 2.21. The fourth-order valence-corrected chi connectivity index (χ4v) is 3.94. The highest BCUT2D eigenvalue weighted by molar-refractivity contribution is 6.05. The Bertz CT molecular complexity index is 1060. The van der Waals surface area contributed by atoms with Gasteiger partial charge in [0, 0.05) is 36.0 Å². The third kappa shape index (κ3) is 4.52. The molecule has 0 saturated carbocycles. The summed E-state index contributed by atoms with van der Waals surface area (Å²) in [5, 5.41) is 9.05. The van der Waals surface area contributed by atoms with Crippen molar-refractivity contribution in [3.63, 3.8) is 0 Å². The summed E-state index contributed by atoms with van der Waals surface area (Å²) in [5.74, 6) is -2.23. The molecule has 0 unspecified atom stereocenters. The Morgan fingerprint density at radius 1 is 0.935 bits per heavy atom. The molecule has 2 aromatic carbocycles. The van der Waals surface area contributed by atoms with E-state index in [1.54, 1.807) is 19.2 Å². The molecule has 3 N–H and O–H groups in total. The maximum Gasteiger partial charge on any atom is 0.258 e. The SMILES string of the molecule is COc1cc(NC(=O)c2ccc(C3=CCNCC3)c(F)c2F)ccc1C1=CCNCC1. The van der Waals surface area contributed by atoms with E-state index in [0.29, 0.717) is 30.9 Å². The average molecular weight is 425 g/mol. The highest BCUT2D eigenvalue weighted by Crippen LogP contribution is 2.32. The Morgan fingerprint density at radius 3 is 2.19 bits per heavy atom. The van der Waals surface area contributed by atoms with Gasteiger partial charge in [-0.2, -0.15) is 0 Å². The monoisotopic (exact) mass is 425 g/mol. The van der Waals surface area contributed by atoms with Crippen LogP contribution in [0.4, 0.5) is 14.5 Å². The number of carbonyl (C=O) groups is 1. The first kappa shape index (κ1) is 21.2. The molecule has 5 nitrogen and oxygen atoms in total. The molecular weight excluding hydrogens is 400 g/mol. The summed E-state index contributed by atoms with van der Waals surface area (Å²) in [4.78, 5) is 12.7.